The molecule has 0 bridgehead atoms. The molecule has 0 aliphatic heterocycles. The summed E-state index contributed by atoms with van der Waals surface area (Å²) in [5.41, 5.74) is -0.0269. The fourth-order valence-electron chi connectivity index (χ4n) is 2.37. The maximum atomic E-state index is 6.07. The van der Waals surface area contributed by atoms with Crippen molar-refractivity contribution >= 4 is 0 Å². The van der Waals surface area contributed by atoms with Gasteiger partial charge in [0.2, 0.25) is 0 Å². The molecule has 1 unspecified atom stereocenters. The Labute approximate surface area is 113 Å². The Bertz CT molecular complexity index is 184. The zero-order chi connectivity index (χ0) is 14.0. The molecule has 0 heterocycles. The smallest absolute Gasteiger partial charge is 0.0573 e. The highest BCUT2D eigenvalue weighted by atomic mass is 16.5. The third kappa shape index (κ3) is 5.25. The summed E-state index contributed by atoms with van der Waals surface area (Å²) in [4.78, 5) is 0. The molecule has 0 fully saturated rings. The van der Waals surface area contributed by atoms with Crippen molar-refractivity contribution in [3.8, 4) is 0 Å². The zero-order valence-corrected chi connectivity index (χ0v) is 13.1. The van der Waals surface area contributed by atoms with Gasteiger partial charge < -0.3 is 14.2 Å². The predicted molar refractivity (Wildman–Crippen MR) is 76.0 cm³/mol. The number of hydrogen-bond acceptors (Lipinski definition) is 3. The Morgan fingerprint density at radius 2 is 1.33 bits per heavy atom. The largest absolute Gasteiger partial charge is 0.384 e. The third-order valence-electron chi connectivity index (χ3n) is 4.04. The molecule has 0 aromatic rings. The SMILES string of the molecule is CCC(CC)OCC(COC)(COC)C(C)CC. The van der Waals surface area contributed by atoms with Crippen LogP contribution in [0.25, 0.3) is 0 Å². The van der Waals surface area contributed by atoms with Gasteiger partial charge >= 0.3 is 0 Å². The van der Waals surface area contributed by atoms with Crippen LogP contribution in [0.4, 0.5) is 0 Å². The van der Waals surface area contributed by atoms with Crippen LogP contribution in [0.3, 0.4) is 0 Å². The van der Waals surface area contributed by atoms with Crippen molar-refractivity contribution in [2.75, 3.05) is 34.0 Å². The Balaban J connectivity index is 4.70. The van der Waals surface area contributed by atoms with Crippen LogP contribution in [0.15, 0.2) is 0 Å². The Morgan fingerprint density at radius 3 is 1.67 bits per heavy atom. The summed E-state index contributed by atoms with van der Waals surface area (Å²) in [6.07, 6.45) is 3.58. The number of hydrogen-bond donors (Lipinski definition) is 0. The second-order valence-corrected chi connectivity index (χ2v) is 5.29. The van der Waals surface area contributed by atoms with Crippen molar-refractivity contribution in [1.29, 1.82) is 0 Å². The Kier molecular flexibility index (Phi) is 9.70. The van der Waals surface area contributed by atoms with Gasteiger partial charge in [0.05, 0.1) is 25.9 Å². The Hall–Kier alpha value is -0.120. The highest BCUT2D eigenvalue weighted by molar-refractivity contribution is 4.84. The van der Waals surface area contributed by atoms with Crippen LogP contribution in [0.1, 0.15) is 47.0 Å². The van der Waals surface area contributed by atoms with Gasteiger partial charge in [-0.3, -0.25) is 0 Å². The van der Waals surface area contributed by atoms with Crippen LogP contribution < -0.4 is 0 Å². The lowest BCUT2D eigenvalue weighted by molar-refractivity contribution is -0.0995. The van der Waals surface area contributed by atoms with Gasteiger partial charge in [0.1, 0.15) is 0 Å². The van der Waals surface area contributed by atoms with Gasteiger partial charge in [-0.2, -0.15) is 0 Å². The van der Waals surface area contributed by atoms with E-state index in [1.54, 1.807) is 14.2 Å². The highest BCUT2D eigenvalue weighted by Crippen LogP contribution is 2.32. The molecular weight excluding hydrogens is 228 g/mol. The van der Waals surface area contributed by atoms with Crippen LogP contribution in [-0.2, 0) is 14.2 Å². The summed E-state index contributed by atoms with van der Waals surface area (Å²) in [5.74, 6) is 0.520. The van der Waals surface area contributed by atoms with E-state index >= 15 is 0 Å². The second-order valence-electron chi connectivity index (χ2n) is 5.29. The van der Waals surface area contributed by atoms with E-state index in [9.17, 15) is 0 Å². The topological polar surface area (TPSA) is 27.7 Å². The monoisotopic (exact) mass is 260 g/mol. The molecule has 0 aromatic heterocycles. The van der Waals surface area contributed by atoms with Gasteiger partial charge in [0.15, 0.2) is 0 Å². The van der Waals surface area contributed by atoms with E-state index < -0.39 is 0 Å². The molecule has 3 nitrogen and oxygen atoms in total. The molecule has 0 aromatic carbocycles. The molecule has 0 radical (unpaired) electrons. The van der Waals surface area contributed by atoms with Crippen LogP contribution in [-0.4, -0.2) is 40.1 Å². The van der Waals surface area contributed by atoms with E-state index in [1.165, 1.54) is 0 Å². The maximum absolute atomic E-state index is 6.07. The predicted octanol–water partition coefficient (Wildman–Crippen LogP) is 3.52. The lowest BCUT2D eigenvalue weighted by Crippen LogP contribution is -2.43. The molecule has 0 aliphatic carbocycles. The van der Waals surface area contributed by atoms with E-state index in [-0.39, 0.29) is 5.41 Å². The summed E-state index contributed by atoms with van der Waals surface area (Å²) < 4.78 is 16.9. The van der Waals surface area contributed by atoms with E-state index in [4.69, 9.17) is 14.2 Å². The standard InChI is InChI=1S/C15H32O3/c1-7-13(4)15(10-16-5,11-17-6)12-18-14(8-2)9-3/h13-14H,7-12H2,1-6H3. The van der Waals surface area contributed by atoms with Crippen LogP contribution in [0, 0.1) is 11.3 Å². The Morgan fingerprint density at radius 1 is 0.833 bits per heavy atom. The summed E-state index contributed by atoms with van der Waals surface area (Å²) >= 11 is 0. The molecule has 3 heteroatoms. The normalized spacial score (nSPS) is 14.2. The van der Waals surface area contributed by atoms with Crippen molar-refractivity contribution in [2.45, 2.75) is 53.1 Å². The van der Waals surface area contributed by atoms with E-state index in [2.05, 4.69) is 27.7 Å². The summed E-state index contributed by atoms with van der Waals surface area (Å²) in [6, 6.07) is 0. The zero-order valence-electron chi connectivity index (χ0n) is 13.1. The fraction of sp³-hybridized carbons (Fsp3) is 1.00. The first-order chi connectivity index (χ1) is 8.60. The van der Waals surface area contributed by atoms with Gasteiger partial charge in [-0.15, -0.1) is 0 Å². The summed E-state index contributed by atoms with van der Waals surface area (Å²) in [5, 5.41) is 0. The lowest BCUT2D eigenvalue weighted by atomic mass is 9.76. The molecule has 0 rings (SSSR count). The first-order valence-corrected chi connectivity index (χ1v) is 7.19. The third-order valence-corrected chi connectivity index (χ3v) is 4.04. The van der Waals surface area contributed by atoms with Crippen molar-refractivity contribution in [1.82, 2.24) is 0 Å². The maximum Gasteiger partial charge on any atom is 0.0573 e. The molecular formula is C15H32O3. The molecule has 0 saturated carbocycles. The average Bonchev–Trinajstić information content (AvgIpc) is 2.39. The van der Waals surface area contributed by atoms with Crippen LogP contribution in [0.2, 0.25) is 0 Å². The minimum atomic E-state index is -0.0269. The van der Waals surface area contributed by atoms with Crippen molar-refractivity contribution in [3.05, 3.63) is 0 Å². The molecule has 18 heavy (non-hydrogen) atoms. The molecule has 0 amide bonds. The van der Waals surface area contributed by atoms with E-state index in [0.717, 1.165) is 25.9 Å². The second kappa shape index (κ2) is 9.76. The first-order valence-electron chi connectivity index (χ1n) is 7.19. The quantitative estimate of drug-likeness (QED) is 0.569. The average molecular weight is 260 g/mol. The van der Waals surface area contributed by atoms with Crippen molar-refractivity contribution < 1.29 is 14.2 Å². The van der Waals surface area contributed by atoms with Crippen LogP contribution >= 0.6 is 0 Å². The van der Waals surface area contributed by atoms with E-state index in [1.807, 2.05) is 0 Å². The minimum Gasteiger partial charge on any atom is -0.384 e. The number of rotatable bonds is 11. The fourth-order valence-corrected chi connectivity index (χ4v) is 2.37. The van der Waals surface area contributed by atoms with Gasteiger partial charge in [0, 0.05) is 19.6 Å². The highest BCUT2D eigenvalue weighted by Gasteiger charge is 2.36. The first kappa shape index (κ1) is 17.9. The van der Waals surface area contributed by atoms with Crippen LogP contribution in [0.5, 0.6) is 0 Å². The van der Waals surface area contributed by atoms with Gasteiger partial charge in [-0.25, -0.2) is 0 Å². The number of ether oxygens (including phenoxy) is 3. The van der Waals surface area contributed by atoms with E-state index in [0.29, 0.717) is 25.2 Å². The van der Waals surface area contributed by atoms with Gasteiger partial charge in [-0.05, 0) is 18.8 Å². The molecule has 110 valence electrons. The molecule has 0 saturated heterocycles. The summed E-state index contributed by atoms with van der Waals surface area (Å²) in [6.45, 7) is 10.9. The number of methoxy groups -OCH3 is 2. The minimum absolute atomic E-state index is 0.0269. The molecule has 0 spiro atoms. The molecule has 0 aliphatic rings. The van der Waals surface area contributed by atoms with Crippen molar-refractivity contribution in [3.63, 3.8) is 0 Å². The molecule has 1 atom stereocenters. The lowest BCUT2D eigenvalue weighted by Gasteiger charge is -2.38. The molecule has 0 N–H and O–H groups in total. The van der Waals surface area contributed by atoms with Gasteiger partial charge in [-0.1, -0.05) is 34.1 Å². The van der Waals surface area contributed by atoms with Gasteiger partial charge in [0.25, 0.3) is 0 Å². The van der Waals surface area contributed by atoms with Crippen molar-refractivity contribution in [2.24, 2.45) is 11.3 Å². The summed E-state index contributed by atoms with van der Waals surface area (Å²) in [7, 11) is 3.51.